The molecule has 28 nitrogen and oxygen atoms in total. The van der Waals surface area contributed by atoms with E-state index in [1.54, 1.807) is 65.4 Å². The zero-order valence-corrected chi connectivity index (χ0v) is 53.0. The third-order valence-electron chi connectivity index (χ3n) is 17.9. The molecule has 9 amide bonds. The Bertz CT molecular complexity index is 3090. The number of carbonyl (C=O) groups excluding carboxylic acids is 9. The molecule has 0 radical (unpaired) electrons. The van der Waals surface area contributed by atoms with E-state index in [2.05, 4.69) is 47.2 Å². The Morgan fingerprint density at radius 3 is 1.64 bits per heavy atom. The topological polar surface area (TPSA) is 451 Å². The quantitative estimate of drug-likeness (QED) is 0.0190. The number of amides is 9. The number of likely N-dealkylation sites (tertiary alicyclic amines) is 2. The normalized spacial score (nSPS) is 23.1. The number of nitrogens with zero attached hydrogens (tertiary/aromatic N) is 4. The van der Waals surface area contributed by atoms with Crippen molar-refractivity contribution in [2.24, 2.45) is 56.1 Å². The number of rotatable bonds is 33. The summed E-state index contributed by atoms with van der Waals surface area (Å²) >= 11 is 2.56. The second kappa shape index (κ2) is 32.9. The van der Waals surface area contributed by atoms with E-state index < -0.39 is 121 Å². The van der Waals surface area contributed by atoms with E-state index in [0.717, 1.165) is 19.3 Å². The molecule has 6 fully saturated rings. The van der Waals surface area contributed by atoms with Gasteiger partial charge in [0.15, 0.2) is 11.9 Å². The number of aliphatic carboxylic acids is 1. The van der Waals surface area contributed by atoms with Crippen LogP contribution in [0.4, 0.5) is 0 Å². The minimum atomic E-state index is -1.71. The fraction of sp³-hybridized carbons (Fsp3) is 0.581. The number of aliphatic hydroxyl groups is 2. The van der Waals surface area contributed by atoms with Crippen LogP contribution in [0.25, 0.3) is 0 Å². The van der Waals surface area contributed by atoms with Crippen LogP contribution in [0.5, 0.6) is 0 Å². The monoisotopic (exact) mass is 1310 g/mol. The summed E-state index contributed by atoms with van der Waals surface area (Å²) < 4.78 is 0. The third-order valence-corrected chi connectivity index (χ3v) is 19.7. The molecule has 92 heavy (non-hydrogen) atoms. The molecule has 30 heteroatoms. The number of aliphatic imine (C=N–C) groups is 2. The predicted molar refractivity (Wildman–Crippen MR) is 341 cm³/mol. The van der Waals surface area contributed by atoms with Crippen LogP contribution >= 0.6 is 22.7 Å². The molecule has 9 atom stereocenters. The number of nitrogens with two attached hydrogens (primary N) is 4. The van der Waals surface area contributed by atoms with Gasteiger partial charge in [-0.05, 0) is 129 Å². The predicted octanol–water partition coefficient (Wildman–Crippen LogP) is -1.39. The lowest BCUT2D eigenvalue weighted by atomic mass is 9.49. The van der Waals surface area contributed by atoms with Crippen LogP contribution in [0, 0.1) is 23.2 Å². The van der Waals surface area contributed by atoms with Gasteiger partial charge in [-0.15, -0.1) is 22.7 Å². The Balaban J connectivity index is 0.892. The van der Waals surface area contributed by atoms with Crippen LogP contribution in [-0.4, -0.2) is 190 Å². The summed E-state index contributed by atoms with van der Waals surface area (Å²) in [5.41, 5.74) is 22.4. The van der Waals surface area contributed by atoms with Crippen molar-refractivity contribution in [1.82, 2.24) is 47.0 Å². The molecule has 3 aromatic rings. The van der Waals surface area contributed by atoms with E-state index in [0.29, 0.717) is 52.3 Å². The van der Waals surface area contributed by atoms with E-state index in [1.807, 2.05) is 0 Å². The number of aliphatic hydroxyl groups excluding tert-OH is 2. The maximum Gasteiger partial charge on any atom is 0.326 e. The van der Waals surface area contributed by atoms with Crippen LogP contribution in [0.2, 0.25) is 0 Å². The van der Waals surface area contributed by atoms with Crippen molar-refractivity contribution in [1.29, 1.82) is 0 Å². The van der Waals surface area contributed by atoms with Crippen molar-refractivity contribution >= 4 is 93.7 Å². The van der Waals surface area contributed by atoms with Crippen molar-refractivity contribution in [3.8, 4) is 0 Å². The highest BCUT2D eigenvalue weighted by molar-refractivity contribution is 7.10. The van der Waals surface area contributed by atoms with E-state index >= 15 is 0 Å². The fourth-order valence-corrected chi connectivity index (χ4v) is 15.7. The summed E-state index contributed by atoms with van der Waals surface area (Å²) in [5, 5.41) is 53.4. The number of thiophene rings is 2. The molecule has 500 valence electrons. The first-order valence-corrected chi connectivity index (χ1v) is 33.2. The van der Waals surface area contributed by atoms with Crippen LogP contribution < -0.4 is 60.2 Å². The number of β-amino-alcohol motifs (C(OH)–C–C–N with tert-alkyl or cyclic N) is 1. The van der Waals surface area contributed by atoms with Crippen molar-refractivity contribution in [3.05, 3.63) is 80.7 Å². The van der Waals surface area contributed by atoms with E-state index in [9.17, 15) is 63.3 Å². The maximum atomic E-state index is 14.6. The molecule has 2 aliphatic heterocycles. The number of nitrogens with one attached hydrogen (secondary N) is 7. The highest BCUT2D eigenvalue weighted by atomic mass is 32.1. The highest BCUT2D eigenvalue weighted by Crippen LogP contribution is 2.61. The van der Waals surface area contributed by atoms with E-state index in [4.69, 9.17) is 22.9 Å². The molecule has 1 unspecified atom stereocenters. The number of hydrogen-bond acceptors (Lipinski definition) is 16. The lowest BCUT2D eigenvalue weighted by Gasteiger charge is -2.56. The van der Waals surface area contributed by atoms with Gasteiger partial charge in [0.25, 0.3) is 0 Å². The lowest BCUT2D eigenvalue weighted by Crippen LogP contribution is -2.60. The largest absolute Gasteiger partial charge is 0.480 e. The van der Waals surface area contributed by atoms with Crippen LogP contribution in [0.1, 0.15) is 105 Å². The van der Waals surface area contributed by atoms with Crippen molar-refractivity contribution in [2.75, 3.05) is 39.3 Å². The first kappa shape index (κ1) is 69.7. The number of carboxylic acids is 1. The van der Waals surface area contributed by atoms with Gasteiger partial charge in [0.05, 0.1) is 19.3 Å². The van der Waals surface area contributed by atoms with Gasteiger partial charge < -0.3 is 85.3 Å². The second-order valence-electron chi connectivity index (χ2n) is 25.1. The zero-order valence-electron chi connectivity index (χ0n) is 51.4. The van der Waals surface area contributed by atoms with Crippen molar-refractivity contribution in [3.63, 3.8) is 0 Å². The third kappa shape index (κ3) is 19.7. The molecule has 1 aromatic carbocycles. The number of carbonyl (C=O) groups is 10. The number of carboxylic acid groups (broad SMARTS) is 1. The maximum absolute atomic E-state index is 14.6. The van der Waals surface area contributed by atoms with E-state index in [-0.39, 0.29) is 101 Å². The van der Waals surface area contributed by atoms with Crippen LogP contribution in [0.3, 0.4) is 0 Å². The highest BCUT2D eigenvalue weighted by Gasteiger charge is 2.52. The van der Waals surface area contributed by atoms with Crippen LogP contribution in [0.15, 0.2) is 75.3 Å². The SMILES string of the molecule is NC(N)=NCCC[C@H](NC(=O)[C@H](Cc1cccs1)NC(=O)[C@@H](Cc1ccccc1)NC(=O)[C@H](CO)NC(=O)[C@H](Cc1cccs1)NC(=O)CNC(=O)[C@@H]1CC(O)CN1C(=O)[C@@H]1CCCN1C(=O)[C@H](CCCN=C(N)N)NC(=O)CC12CC3CC(CC(C3)C1)C2)C(=O)O. The van der Waals surface area contributed by atoms with Gasteiger partial charge in [-0.25, -0.2) is 4.79 Å². The lowest BCUT2D eigenvalue weighted by molar-refractivity contribution is -0.148. The molecular formula is C62H87N15O13S2. The van der Waals surface area contributed by atoms with Gasteiger partial charge in [0, 0.05) is 68.0 Å². The summed E-state index contributed by atoms with van der Waals surface area (Å²) in [6.07, 6.45) is 6.78. The van der Waals surface area contributed by atoms with Gasteiger partial charge in [0.1, 0.15) is 48.3 Å². The Morgan fingerprint density at radius 1 is 0.598 bits per heavy atom. The molecule has 2 aromatic heterocycles. The Kier molecular flexibility index (Phi) is 24.9. The molecule has 4 aliphatic carbocycles. The summed E-state index contributed by atoms with van der Waals surface area (Å²) in [5.74, 6) is -6.31. The average molecular weight is 1310 g/mol. The molecule has 18 N–H and O–H groups in total. The average Bonchev–Trinajstić information content (AvgIpc) is 1.03. The zero-order chi connectivity index (χ0) is 66.1. The summed E-state index contributed by atoms with van der Waals surface area (Å²) in [6, 6.07) is 4.87. The van der Waals surface area contributed by atoms with Crippen LogP contribution in [-0.2, 0) is 67.2 Å². The Morgan fingerprint density at radius 2 is 1.11 bits per heavy atom. The first-order chi connectivity index (χ1) is 44.0. The van der Waals surface area contributed by atoms with Crippen molar-refractivity contribution in [2.45, 2.75) is 164 Å². The molecule has 0 spiro atoms. The minimum Gasteiger partial charge on any atom is -0.480 e. The van der Waals surface area contributed by atoms with Gasteiger partial charge in [-0.2, -0.15) is 0 Å². The van der Waals surface area contributed by atoms with Gasteiger partial charge in [-0.3, -0.25) is 53.1 Å². The molecule has 6 aliphatic rings. The Hall–Kier alpha value is -8.22. The first-order valence-electron chi connectivity index (χ1n) is 31.5. The van der Waals surface area contributed by atoms with Crippen molar-refractivity contribution < 1.29 is 63.3 Å². The molecular weight excluding hydrogens is 1230 g/mol. The number of hydrogen-bond donors (Lipinski definition) is 14. The van der Waals surface area contributed by atoms with Gasteiger partial charge in [0.2, 0.25) is 53.2 Å². The number of benzene rings is 1. The summed E-state index contributed by atoms with van der Waals surface area (Å²) in [4.78, 5) is 152. The van der Waals surface area contributed by atoms with Gasteiger partial charge in [-0.1, -0.05) is 42.5 Å². The molecule has 4 bridgehead atoms. The number of guanidine groups is 2. The minimum absolute atomic E-state index is 0.0494. The molecule has 4 saturated carbocycles. The fourth-order valence-electron chi connectivity index (χ4n) is 14.2. The molecule has 2 saturated heterocycles. The standard InChI is InChI=1S/C62H87N15O13S2/c63-60(64)67-16-4-13-42(70-50(80)31-62-28-36-21-37(29-62)23-38(22-36)30-62)57(87)76-18-6-15-48(76)58(88)77-33-39(79)25-49(77)56(86)69-32-51(81)71-45(26-40-11-7-19-91-40)53(83)75-47(34-78)55(85)73-44(24-35-9-2-1-3-10-35)52(82)74-46(27-41-12-8-20-92-41)54(84)72-43(59(89)90)14-5-17-68-61(65)66/h1-3,7-12,19-20,36-39,42-49,78-79H,4-6,13-18,21-34H2,(H,69,86)(H,70,80)(H,71,81)(H,72,84)(H,73,85)(H,74,82)(H,75,83)(H,89,90)(H4,63,64,67)(H4,65,66,68)/t36?,37?,38?,39?,42-,43-,44+,45-,46-,47-,48-,49-,62?/m0/s1. The summed E-state index contributed by atoms with van der Waals surface area (Å²) in [6.45, 7) is -1.41. The second-order valence-corrected chi connectivity index (χ2v) is 27.1. The van der Waals surface area contributed by atoms with E-state index in [1.165, 1.54) is 51.7 Å². The molecule has 9 rings (SSSR count). The Labute approximate surface area is 541 Å². The summed E-state index contributed by atoms with van der Waals surface area (Å²) in [7, 11) is 0. The smallest absolute Gasteiger partial charge is 0.326 e. The van der Waals surface area contributed by atoms with Gasteiger partial charge >= 0.3 is 5.97 Å². The molecule has 4 heterocycles.